The molecule has 2 aliphatic rings. The molecule has 0 radical (unpaired) electrons. The molecule has 4 aromatic rings. The van der Waals surface area contributed by atoms with Crippen LogP contribution in [0.3, 0.4) is 0 Å². The van der Waals surface area contributed by atoms with Crippen LogP contribution in [0.1, 0.15) is 35.5 Å². The van der Waals surface area contributed by atoms with Crippen LogP contribution < -0.4 is 0 Å². The van der Waals surface area contributed by atoms with Crippen LogP contribution in [-0.2, 0) is 13.0 Å². The first-order chi connectivity index (χ1) is 16.8. The number of benzene rings is 2. The number of H-pyrrole nitrogens is 2. The van der Waals surface area contributed by atoms with E-state index < -0.39 is 18.8 Å². The summed E-state index contributed by atoms with van der Waals surface area (Å²) in [4.78, 5) is 10.6. The van der Waals surface area contributed by atoms with Crippen LogP contribution >= 0.6 is 0 Å². The standard InChI is InChI=1S/C27H28F4N4/c1-16-8-22-21-4-2-3-5-24(21)33-25(22)26(35(16)15-27(29,30)31)18-6-7-23-19(9-18)10-20(32-23)14-34-12-17(11-28)13-34/h2-7,9-10,16-17,26,32-33H,8,11-15H2,1H3/t16-,26-/m1/s1. The van der Waals surface area contributed by atoms with Gasteiger partial charge in [0.05, 0.1) is 19.3 Å². The summed E-state index contributed by atoms with van der Waals surface area (Å²) in [6, 6.07) is 15.1. The van der Waals surface area contributed by atoms with E-state index in [4.69, 9.17) is 0 Å². The highest BCUT2D eigenvalue weighted by Crippen LogP contribution is 2.42. The summed E-state index contributed by atoms with van der Waals surface area (Å²) >= 11 is 0. The number of alkyl halides is 4. The molecule has 0 amide bonds. The van der Waals surface area contributed by atoms with E-state index in [2.05, 4.69) is 20.9 Å². The number of nitrogens with one attached hydrogen (secondary N) is 2. The van der Waals surface area contributed by atoms with Gasteiger partial charge in [-0.3, -0.25) is 14.2 Å². The largest absolute Gasteiger partial charge is 0.401 e. The highest BCUT2D eigenvalue weighted by atomic mass is 19.4. The van der Waals surface area contributed by atoms with Crippen molar-refractivity contribution in [2.75, 3.05) is 26.3 Å². The maximum Gasteiger partial charge on any atom is 0.401 e. The topological polar surface area (TPSA) is 38.1 Å². The first-order valence-corrected chi connectivity index (χ1v) is 12.1. The third-order valence-corrected chi connectivity index (χ3v) is 7.54. The molecule has 8 heteroatoms. The third-order valence-electron chi connectivity index (χ3n) is 7.54. The minimum absolute atomic E-state index is 0.129. The predicted octanol–water partition coefficient (Wildman–Crippen LogP) is 5.95. The second kappa shape index (κ2) is 8.38. The Morgan fingerprint density at radius 2 is 1.80 bits per heavy atom. The van der Waals surface area contributed by atoms with E-state index in [1.54, 1.807) is 4.90 Å². The van der Waals surface area contributed by atoms with E-state index in [1.807, 2.05) is 49.4 Å². The molecule has 1 fully saturated rings. The van der Waals surface area contributed by atoms with Crippen LogP contribution in [0.2, 0.25) is 0 Å². The van der Waals surface area contributed by atoms with Gasteiger partial charge < -0.3 is 9.97 Å². The van der Waals surface area contributed by atoms with Gasteiger partial charge in [0, 0.05) is 64.8 Å². The maximum atomic E-state index is 13.7. The summed E-state index contributed by atoms with van der Waals surface area (Å²) in [5, 5.41) is 2.06. The van der Waals surface area contributed by atoms with E-state index >= 15 is 0 Å². The Hall–Kier alpha value is -2.84. The normalized spacial score (nSPS) is 22.1. The minimum atomic E-state index is -4.30. The summed E-state index contributed by atoms with van der Waals surface area (Å²) in [5.41, 5.74) is 5.73. The van der Waals surface area contributed by atoms with Crippen molar-refractivity contribution in [3.8, 4) is 0 Å². The summed E-state index contributed by atoms with van der Waals surface area (Å²) in [5.74, 6) is 0.129. The van der Waals surface area contributed by atoms with Crippen LogP contribution in [0.4, 0.5) is 17.6 Å². The molecule has 2 aliphatic heterocycles. The molecule has 0 bridgehead atoms. The molecule has 0 saturated carbocycles. The van der Waals surface area contributed by atoms with E-state index in [9.17, 15) is 17.6 Å². The fraction of sp³-hybridized carbons (Fsp3) is 0.407. The van der Waals surface area contributed by atoms with Gasteiger partial charge in [-0.15, -0.1) is 0 Å². The highest BCUT2D eigenvalue weighted by Gasteiger charge is 2.42. The van der Waals surface area contributed by atoms with Gasteiger partial charge in [-0.05, 0) is 48.7 Å². The number of rotatable bonds is 5. The smallest absolute Gasteiger partial charge is 0.357 e. The zero-order valence-corrected chi connectivity index (χ0v) is 19.5. The zero-order chi connectivity index (χ0) is 24.3. The Kier molecular flexibility index (Phi) is 5.41. The molecule has 2 atom stereocenters. The quantitative estimate of drug-likeness (QED) is 0.344. The fourth-order valence-electron chi connectivity index (χ4n) is 5.93. The number of aromatic nitrogens is 2. The molecule has 2 aromatic carbocycles. The molecule has 4 nitrogen and oxygen atoms in total. The molecule has 6 rings (SSSR count). The number of para-hydroxylation sites is 1. The minimum Gasteiger partial charge on any atom is -0.357 e. The fourth-order valence-corrected chi connectivity index (χ4v) is 5.93. The zero-order valence-electron chi connectivity index (χ0n) is 19.5. The van der Waals surface area contributed by atoms with Gasteiger partial charge in [-0.2, -0.15) is 13.2 Å². The Bertz CT molecular complexity index is 1360. The van der Waals surface area contributed by atoms with Crippen molar-refractivity contribution in [3.05, 3.63) is 71.0 Å². The van der Waals surface area contributed by atoms with E-state index in [0.717, 1.165) is 57.4 Å². The highest BCUT2D eigenvalue weighted by molar-refractivity contribution is 5.86. The number of fused-ring (bicyclic) bond motifs is 4. The second-order valence-corrected chi connectivity index (χ2v) is 10.2. The SMILES string of the molecule is C[C@@H]1Cc2c([nH]c3ccccc23)[C@@H](c2ccc3[nH]c(CN4CC(CF)C4)cc3c2)N1CC(F)(F)F. The molecule has 0 spiro atoms. The molecular formula is C27H28F4N4. The summed E-state index contributed by atoms with van der Waals surface area (Å²) in [6.45, 7) is 2.87. The van der Waals surface area contributed by atoms with Gasteiger partial charge in [0.25, 0.3) is 0 Å². The van der Waals surface area contributed by atoms with Gasteiger partial charge in [0.15, 0.2) is 0 Å². The maximum absolute atomic E-state index is 13.7. The van der Waals surface area contributed by atoms with Crippen LogP contribution in [-0.4, -0.2) is 58.3 Å². The number of hydrogen-bond donors (Lipinski definition) is 2. The molecule has 2 N–H and O–H groups in total. The lowest BCUT2D eigenvalue weighted by molar-refractivity contribution is -0.155. The van der Waals surface area contributed by atoms with Gasteiger partial charge >= 0.3 is 6.18 Å². The van der Waals surface area contributed by atoms with Crippen molar-refractivity contribution >= 4 is 21.8 Å². The lowest BCUT2D eigenvalue weighted by Crippen LogP contribution is -2.47. The third kappa shape index (κ3) is 4.12. The second-order valence-electron chi connectivity index (χ2n) is 10.2. The lowest BCUT2D eigenvalue weighted by atomic mass is 9.88. The molecule has 4 heterocycles. The van der Waals surface area contributed by atoms with Crippen LogP contribution in [0, 0.1) is 5.92 Å². The van der Waals surface area contributed by atoms with E-state index in [-0.39, 0.29) is 18.6 Å². The van der Waals surface area contributed by atoms with Crippen molar-refractivity contribution in [2.45, 2.75) is 38.1 Å². The van der Waals surface area contributed by atoms with Crippen molar-refractivity contribution < 1.29 is 17.6 Å². The number of halogens is 4. The molecule has 35 heavy (non-hydrogen) atoms. The number of likely N-dealkylation sites (tertiary alicyclic amines) is 1. The average molecular weight is 485 g/mol. The molecule has 0 aliphatic carbocycles. The Morgan fingerprint density at radius 3 is 2.57 bits per heavy atom. The van der Waals surface area contributed by atoms with Gasteiger partial charge in [0.1, 0.15) is 0 Å². The average Bonchev–Trinajstić information content (AvgIpc) is 3.35. The Balaban J connectivity index is 1.39. The van der Waals surface area contributed by atoms with Crippen molar-refractivity contribution in [1.29, 1.82) is 0 Å². The molecule has 0 unspecified atom stereocenters. The lowest BCUT2D eigenvalue weighted by Gasteiger charge is -2.41. The Labute approximate surface area is 200 Å². The first-order valence-electron chi connectivity index (χ1n) is 12.1. The van der Waals surface area contributed by atoms with Crippen molar-refractivity contribution in [3.63, 3.8) is 0 Å². The first kappa shape index (κ1) is 22.6. The summed E-state index contributed by atoms with van der Waals surface area (Å²) in [7, 11) is 0. The molecule has 184 valence electrons. The molecule has 1 saturated heterocycles. The monoisotopic (exact) mass is 484 g/mol. The summed E-state index contributed by atoms with van der Waals surface area (Å²) in [6.07, 6.45) is -3.73. The number of aromatic amines is 2. The van der Waals surface area contributed by atoms with Crippen LogP contribution in [0.25, 0.3) is 21.8 Å². The van der Waals surface area contributed by atoms with Crippen molar-refractivity contribution in [2.24, 2.45) is 5.92 Å². The predicted molar refractivity (Wildman–Crippen MR) is 129 cm³/mol. The molecule has 2 aromatic heterocycles. The van der Waals surface area contributed by atoms with Gasteiger partial charge in [-0.25, -0.2) is 0 Å². The molecular weight excluding hydrogens is 456 g/mol. The van der Waals surface area contributed by atoms with Crippen molar-refractivity contribution in [1.82, 2.24) is 19.8 Å². The van der Waals surface area contributed by atoms with Gasteiger partial charge in [-0.1, -0.05) is 24.3 Å². The summed E-state index contributed by atoms with van der Waals surface area (Å²) < 4.78 is 53.8. The van der Waals surface area contributed by atoms with E-state index in [0.29, 0.717) is 13.0 Å². The number of hydrogen-bond acceptors (Lipinski definition) is 2. The number of nitrogens with zero attached hydrogens (tertiary/aromatic N) is 2. The van der Waals surface area contributed by atoms with Gasteiger partial charge in [0.2, 0.25) is 0 Å². The Morgan fingerprint density at radius 1 is 1.00 bits per heavy atom. The van der Waals surface area contributed by atoms with Crippen LogP contribution in [0.5, 0.6) is 0 Å². The van der Waals surface area contributed by atoms with E-state index in [1.165, 1.54) is 0 Å². The van der Waals surface area contributed by atoms with Crippen LogP contribution in [0.15, 0.2) is 48.5 Å².